The SMILES string of the molecule is CC(C)OP(=O)(CC1(OC(=O)CCl)CCCCC1)OC(C)C. The lowest BCUT2D eigenvalue weighted by Gasteiger charge is -2.39. The fraction of sp³-hybridized carbons (Fsp3) is 0.933. The van der Waals surface area contributed by atoms with E-state index in [1.54, 1.807) is 0 Å². The van der Waals surface area contributed by atoms with Gasteiger partial charge in [-0.25, -0.2) is 0 Å². The van der Waals surface area contributed by atoms with Gasteiger partial charge < -0.3 is 13.8 Å². The molecule has 0 aromatic carbocycles. The van der Waals surface area contributed by atoms with E-state index < -0.39 is 19.2 Å². The summed E-state index contributed by atoms with van der Waals surface area (Å²) in [5.41, 5.74) is -0.788. The van der Waals surface area contributed by atoms with Gasteiger partial charge in [0, 0.05) is 0 Å². The van der Waals surface area contributed by atoms with Crippen molar-refractivity contribution in [1.29, 1.82) is 0 Å². The van der Waals surface area contributed by atoms with Gasteiger partial charge >= 0.3 is 13.6 Å². The van der Waals surface area contributed by atoms with E-state index in [9.17, 15) is 9.36 Å². The molecule has 1 fully saturated rings. The average Bonchev–Trinajstić information content (AvgIpc) is 2.36. The molecule has 1 rings (SSSR count). The molecule has 0 radical (unpaired) electrons. The van der Waals surface area contributed by atoms with E-state index in [-0.39, 0.29) is 24.2 Å². The summed E-state index contributed by atoms with van der Waals surface area (Å²) in [7, 11) is -3.35. The van der Waals surface area contributed by atoms with E-state index >= 15 is 0 Å². The average molecular weight is 355 g/mol. The maximum Gasteiger partial charge on any atom is 0.335 e. The Balaban J connectivity index is 2.96. The van der Waals surface area contributed by atoms with E-state index in [1.807, 2.05) is 27.7 Å². The summed E-state index contributed by atoms with van der Waals surface area (Å²) in [6.07, 6.45) is 3.92. The Morgan fingerprint density at radius 3 is 2.00 bits per heavy atom. The minimum atomic E-state index is -3.35. The molecule has 5 nitrogen and oxygen atoms in total. The number of hydrogen-bond donors (Lipinski definition) is 0. The third kappa shape index (κ3) is 6.57. The lowest BCUT2D eigenvalue weighted by molar-refractivity contribution is -0.157. The van der Waals surface area contributed by atoms with Crippen LogP contribution in [-0.4, -0.2) is 35.8 Å². The summed E-state index contributed by atoms with van der Waals surface area (Å²) >= 11 is 5.57. The predicted octanol–water partition coefficient (Wildman–Crippen LogP) is 4.51. The highest BCUT2D eigenvalue weighted by Gasteiger charge is 2.44. The normalized spacial score (nSPS) is 18.7. The van der Waals surface area contributed by atoms with Crippen LogP contribution >= 0.6 is 19.2 Å². The summed E-state index contributed by atoms with van der Waals surface area (Å²) in [4.78, 5) is 11.7. The van der Waals surface area contributed by atoms with Gasteiger partial charge in [0.15, 0.2) is 0 Å². The molecular weight excluding hydrogens is 327 g/mol. The molecule has 0 aromatic heterocycles. The largest absolute Gasteiger partial charge is 0.457 e. The first kappa shape index (κ1) is 20.0. The zero-order valence-corrected chi connectivity index (χ0v) is 15.6. The number of rotatable bonds is 8. The number of ether oxygens (including phenoxy) is 1. The van der Waals surface area contributed by atoms with Crippen molar-refractivity contribution >= 4 is 25.2 Å². The molecule has 0 atom stereocenters. The van der Waals surface area contributed by atoms with Crippen molar-refractivity contribution in [3.8, 4) is 0 Å². The topological polar surface area (TPSA) is 61.8 Å². The molecule has 130 valence electrons. The molecule has 0 heterocycles. The molecule has 1 aliphatic carbocycles. The first-order chi connectivity index (χ1) is 10.2. The van der Waals surface area contributed by atoms with Gasteiger partial charge in [-0.3, -0.25) is 9.36 Å². The standard InChI is InChI=1S/C15H28ClO5P/c1-12(2)20-22(18,21-13(3)4)11-15(19-14(17)10-16)8-6-5-7-9-15/h12-13H,5-11H2,1-4H3. The minimum absolute atomic E-state index is 0.0962. The molecule has 0 aliphatic heterocycles. The maximum atomic E-state index is 13.1. The van der Waals surface area contributed by atoms with E-state index in [1.165, 1.54) is 0 Å². The van der Waals surface area contributed by atoms with Crippen molar-refractivity contribution in [1.82, 2.24) is 0 Å². The summed E-state index contributed by atoms with van der Waals surface area (Å²) in [6.45, 7) is 7.26. The van der Waals surface area contributed by atoms with Gasteiger partial charge in [0.1, 0.15) is 11.5 Å². The molecule has 0 N–H and O–H groups in total. The lowest BCUT2D eigenvalue weighted by atomic mass is 9.86. The van der Waals surface area contributed by atoms with Crippen LogP contribution in [-0.2, 0) is 23.1 Å². The Morgan fingerprint density at radius 1 is 1.09 bits per heavy atom. The third-order valence-corrected chi connectivity index (χ3v) is 6.10. The molecule has 22 heavy (non-hydrogen) atoms. The third-order valence-electron chi connectivity index (χ3n) is 3.43. The molecular formula is C15H28ClO5P. The van der Waals surface area contributed by atoms with Crippen LogP contribution in [0.5, 0.6) is 0 Å². The van der Waals surface area contributed by atoms with Gasteiger partial charge in [-0.05, 0) is 53.4 Å². The maximum absolute atomic E-state index is 13.1. The van der Waals surface area contributed by atoms with Gasteiger partial charge in [0.2, 0.25) is 0 Å². The van der Waals surface area contributed by atoms with Gasteiger partial charge in [-0.15, -0.1) is 11.6 Å². The van der Waals surface area contributed by atoms with Crippen LogP contribution in [0, 0.1) is 0 Å². The molecule has 0 aromatic rings. The smallest absolute Gasteiger partial charge is 0.335 e. The number of hydrogen-bond acceptors (Lipinski definition) is 5. The van der Waals surface area contributed by atoms with Crippen molar-refractivity contribution in [2.24, 2.45) is 0 Å². The monoisotopic (exact) mass is 354 g/mol. The second-order valence-electron chi connectivity index (χ2n) is 6.43. The Hall–Kier alpha value is -0.0900. The van der Waals surface area contributed by atoms with Crippen LogP contribution in [0.4, 0.5) is 0 Å². The van der Waals surface area contributed by atoms with Gasteiger partial charge in [0.05, 0.1) is 18.4 Å². The Bertz CT molecular complexity index is 391. The Morgan fingerprint density at radius 2 is 1.59 bits per heavy atom. The minimum Gasteiger partial charge on any atom is -0.457 e. The van der Waals surface area contributed by atoms with Crippen LogP contribution in [0.15, 0.2) is 0 Å². The highest BCUT2D eigenvalue weighted by atomic mass is 35.5. The summed E-state index contributed by atoms with van der Waals surface area (Å²) in [6, 6.07) is 0. The fourth-order valence-electron chi connectivity index (χ4n) is 2.85. The Kier molecular flexibility index (Phi) is 7.87. The Labute approximate surface area is 138 Å². The first-order valence-electron chi connectivity index (χ1n) is 7.94. The second-order valence-corrected chi connectivity index (χ2v) is 8.66. The van der Waals surface area contributed by atoms with Crippen molar-refractivity contribution in [3.05, 3.63) is 0 Å². The fourth-order valence-corrected chi connectivity index (χ4v) is 5.48. The van der Waals surface area contributed by atoms with Crippen molar-refractivity contribution in [2.75, 3.05) is 12.0 Å². The van der Waals surface area contributed by atoms with Crippen LogP contribution in [0.2, 0.25) is 0 Å². The van der Waals surface area contributed by atoms with Crippen molar-refractivity contribution in [2.45, 2.75) is 77.6 Å². The van der Waals surface area contributed by atoms with Gasteiger partial charge in [-0.1, -0.05) is 6.42 Å². The van der Waals surface area contributed by atoms with Crippen molar-refractivity contribution < 1.29 is 23.1 Å². The molecule has 0 amide bonds. The molecule has 0 bridgehead atoms. The highest BCUT2D eigenvalue weighted by Crippen LogP contribution is 2.55. The summed E-state index contributed by atoms with van der Waals surface area (Å²) in [5, 5.41) is 0. The van der Waals surface area contributed by atoms with E-state index in [2.05, 4.69) is 0 Å². The number of halogens is 1. The van der Waals surface area contributed by atoms with Gasteiger partial charge in [-0.2, -0.15) is 0 Å². The molecule has 0 spiro atoms. The number of carbonyl (C=O) groups excluding carboxylic acids is 1. The highest BCUT2D eigenvalue weighted by molar-refractivity contribution is 7.54. The van der Waals surface area contributed by atoms with E-state index in [0.29, 0.717) is 12.8 Å². The molecule has 0 unspecified atom stereocenters. The zero-order chi connectivity index (χ0) is 16.8. The number of esters is 1. The molecule has 1 saturated carbocycles. The van der Waals surface area contributed by atoms with Crippen molar-refractivity contribution in [3.63, 3.8) is 0 Å². The predicted molar refractivity (Wildman–Crippen MR) is 87.5 cm³/mol. The molecule has 0 saturated heterocycles. The molecule has 1 aliphatic rings. The van der Waals surface area contributed by atoms with Crippen LogP contribution < -0.4 is 0 Å². The lowest BCUT2D eigenvalue weighted by Crippen LogP contribution is -2.42. The zero-order valence-electron chi connectivity index (χ0n) is 14.0. The van der Waals surface area contributed by atoms with Crippen LogP contribution in [0.3, 0.4) is 0 Å². The van der Waals surface area contributed by atoms with E-state index in [4.69, 9.17) is 25.4 Å². The van der Waals surface area contributed by atoms with E-state index in [0.717, 1.165) is 19.3 Å². The second kappa shape index (κ2) is 8.68. The number of alkyl halides is 1. The van der Waals surface area contributed by atoms with Crippen LogP contribution in [0.25, 0.3) is 0 Å². The first-order valence-corrected chi connectivity index (χ1v) is 10.2. The molecule has 7 heteroatoms. The quantitative estimate of drug-likeness (QED) is 0.364. The summed E-state index contributed by atoms with van der Waals surface area (Å²) < 4.78 is 29.9. The van der Waals surface area contributed by atoms with Crippen LogP contribution in [0.1, 0.15) is 59.8 Å². The summed E-state index contributed by atoms with van der Waals surface area (Å²) in [5.74, 6) is -0.688. The van der Waals surface area contributed by atoms with Gasteiger partial charge in [0.25, 0.3) is 0 Å². The number of carbonyl (C=O) groups is 1.